The first-order chi connectivity index (χ1) is 14.2. The van der Waals surface area contributed by atoms with Gasteiger partial charge in [0.1, 0.15) is 10.7 Å². The van der Waals surface area contributed by atoms with E-state index in [4.69, 9.17) is 9.72 Å². The Bertz CT molecular complexity index is 1160. The standard InChI is InChI=1S/C24H28N2O3S/c1-14-25-21-19(17-12-11-16(24(2,3)4)13-18(17)30-21)22(27)26(14)20(23(28)29-5)15-9-7-6-8-10-15/h6-10,16,20H,11-13H2,1-5H3. The van der Waals surface area contributed by atoms with Gasteiger partial charge in [0, 0.05) is 4.88 Å². The predicted molar refractivity (Wildman–Crippen MR) is 120 cm³/mol. The van der Waals surface area contributed by atoms with Gasteiger partial charge in [-0.15, -0.1) is 11.3 Å². The molecule has 0 aliphatic heterocycles. The lowest BCUT2D eigenvalue weighted by Crippen LogP contribution is -2.34. The molecule has 1 aliphatic carbocycles. The first-order valence-electron chi connectivity index (χ1n) is 10.4. The van der Waals surface area contributed by atoms with Crippen molar-refractivity contribution in [2.45, 2.75) is 53.0 Å². The van der Waals surface area contributed by atoms with Crippen molar-refractivity contribution in [1.29, 1.82) is 0 Å². The summed E-state index contributed by atoms with van der Waals surface area (Å²) in [5.41, 5.74) is 1.93. The number of esters is 1. The zero-order valence-corrected chi connectivity index (χ0v) is 19.0. The molecule has 0 amide bonds. The van der Waals surface area contributed by atoms with Gasteiger partial charge < -0.3 is 4.74 Å². The molecule has 2 aromatic heterocycles. The van der Waals surface area contributed by atoms with Gasteiger partial charge in [-0.1, -0.05) is 51.1 Å². The van der Waals surface area contributed by atoms with Gasteiger partial charge in [0.05, 0.1) is 12.5 Å². The molecule has 2 atom stereocenters. The molecule has 4 rings (SSSR count). The van der Waals surface area contributed by atoms with Crippen LogP contribution in [0.2, 0.25) is 0 Å². The summed E-state index contributed by atoms with van der Waals surface area (Å²) < 4.78 is 6.57. The fraction of sp³-hybridized carbons (Fsp3) is 0.458. The lowest BCUT2D eigenvalue weighted by molar-refractivity contribution is -0.143. The molecule has 1 aliphatic rings. The molecule has 0 radical (unpaired) electrons. The molecule has 6 heteroatoms. The third-order valence-electron chi connectivity index (χ3n) is 6.31. The molecule has 158 valence electrons. The van der Waals surface area contributed by atoms with Crippen LogP contribution >= 0.6 is 11.3 Å². The van der Waals surface area contributed by atoms with Crippen LogP contribution in [-0.4, -0.2) is 22.6 Å². The Kier molecular flexibility index (Phi) is 5.30. The molecule has 0 spiro atoms. The molecule has 0 saturated carbocycles. The van der Waals surface area contributed by atoms with Crippen LogP contribution < -0.4 is 5.56 Å². The van der Waals surface area contributed by atoms with E-state index in [2.05, 4.69) is 20.8 Å². The van der Waals surface area contributed by atoms with E-state index >= 15 is 0 Å². The number of hydrogen-bond acceptors (Lipinski definition) is 5. The Hall–Kier alpha value is -2.47. The Morgan fingerprint density at radius 1 is 1.27 bits per heavy atom. The average molecular weight is 425 g/mol. The van der Waals surface area contributed by atoms with E-state index in [1.54, 1.807) is 18.3 Å². The number of methoxy groups -OCH3 is 1. The molecule has 0 saturated heterocycles. The quantitative estimate of drug-likeness (QED) is 0.573. The highest BCUT2D eigenvalue weighted by Crippen LogP contribution is 2.42. The van der Waals surface area contributed by atoms with E-state index in [-0.39, 0.29) is 11.0 Å². The molecule has 2 unspecified atom stereocenters. The monoisotopic (exact) mass is 424 g/mol. The van der Waals surface area contributed by atoms with Gasteiger partial charge in [0.2, 0.25) is 0 Å². The molecule has 5 nitrogen and oxygen atoms in total. The van der Waals surface area contributed by atoms with Crippen LogP contribution in [-0.2, 0) is 22.4 Å². The van der Waals surface area contributed by atoms with Crippen LogP contribution in [0.5, 0.6) is 0 Å². The molecule has 0 fully saturated rings. The summed E-state index contributed by atoms with van der Waals surface area (Å²) in [6.45, 7) is 8.64. The summed E-state index contributed by atoms with van der Waals surface area (Å²) in [5.74, 6) is 0.649. The van der Waals surface area contributed by atoms with Crippen molar-refractivity contribution in [2.24, 2.45) is 11.3 Å². The molecular weight excluding hydrogens is 396 g/mol. The highest BCUT2D eigenvalue weighted by Gasteiger charge is 2.33. The second-order valence-electron chi connectivity index (χ2n) is 9.16. The number of nitrogens with zero attached hydrogens (tertiary/aromatic N) is 2. The summed E-state index contributed by atoms with van der Waals surface area (Å²) >= 11 is 1.64. The van der Waals surface area contributed by atoms with E-state index < -0.39 is 12.0 Å². The van der Waals surface area contributed by atoms with Gasteiger partial charge in [-0.3, -0.25) is 9.36 Å². The van der Waals surface area contributed by atoms with Crippen LogP contribution in [0.3, 0.4) is 0 Å². The number of ether oxygens (including phenoxy) is 1. The lowest BCUT2D eigenvalue weighted by Gasteiger charge is -2.33. The number of benzene rings is 1. The van der Waals surface area contributed by atoms with Crippen LogP contribution in [0.15, 0.2) is 35.1 Å². The molecule has 0 N–H and O–H groups in total. The number of carbonyl (C=O) groups is 1. The Labute approximate surface area is 180 Å². The number of aromatic nitrogens is 2. The van der Waals surface area contributed by atoms with Crippen molar-refractivity contribution in [3.8, 4) is 0 Å². The number of hydrogen-bond donors (Lipinski definition) is 0. The van der Waals surface area contributed by atoms with Gasteiger partial charge in [-0.2, -0.15) is 0 Å². The van der Waals surface area contributed by atoms with Crippen molar-refractivity contribution < 1.29 is 9.53 Å². The zero-order valence-electron chi connectivity index (χ0n) is 18.2. The largest absolute Gasteiger partial charge is 0.467 e. The van der Waals surface area contributed by atoms with Gasteiger partial charge in [0.25, 0.3) is 5.56 Å². The number of carbonyl (C=O) groups excluding carboxylic acids is 1. The van der Waals surface area contributed by atoms with Crippen LogP contribution in [0.4, 0.5) is 0 Å². The molecule has 1 aromatic carbocycles. The molecule has 2 heterocycles. The smallest absolute Gasteiger partial charge is 0.333 e. The number of fused-ring (bicyclic) bond motifs is 3. The van der Waals surface area contributed by atoms with Crippen LogP contribution in [0.25, 0.3) is 10.2 Å². The molecule has 3 aromatic rings. The van der Waals surface area contributed by atoms with Gasteiger partial charge in [-0.25, -0.2) is 9.78 Å². The third kappa shape index (κ3) is 3.47. The Morgan fingerprint density at radius 3 is 2.60 bits per heavy atom. The van der Waals surface area contributed by atoms with Gasteiger partial charge in [0.15, 0.2) is 6.04 Å². The van der Waals surface area contributed by atoms with E-state index in [0.717, 1.165) is 29.7 Å². The maximum Gasteiger partial charge on any atom is 0.333 e. The van der Waals surface area contributed by atoms with E-state index in [9.17, 15) is 9.59 Å². The van der Waals surface area contributed by atoms with E-state index in [1.165, 1.54) is 16.6 Å². The van der Waals surface area contributed by atoms with Crippen molar-refractivity contribution >= 4 is 27.5 Å². The van der Waals surface area contributed by atoms with Crippen molar-refractivity contribution in [2.75, 3.05) is 7.11 Å². The van der Waals surface area contributed by atoms with Gasteiger partial charge >= 0.3 is 5.97 Å². The first-order valence-corrected chi connectivity index (χ1v) is 11.2. The maximum absolute atomic E-state index is 13.7. The topological polar surface area (TPSA) is 61.2 Å². The lowest BCUT2D eigenvalue weighted by atomic mass is 9.72. The Morgan fingerprint density at radius 2 is 1.97 bits per heavy atom. The fourth-order valence-electron chi connectivity index (χ4n) is 4.52. The molecule has 0 bridgehead atoms. The van der Waals surface area contributed by atoms with E-state index in [0.29, 0.717) is 22.7 Å². The third-order valence-corrected chi connectivity index (χ3v) is 7.46. The van der Waals surface area contributed by atoms with Crippen molar-refractivity contribution in [3.05, 3.63) is 62.5 Å². The zero-order chi connectivity index (χ0) is 21.6. The highest BCUT2D eigenvalue weighted by molar-refractivity contribution is 7.18. The number of rotatable bonds is 3. The summed E-state index contributed by atoms with van der Waals surface area (Å²) in [7, 11) is 1.35. The summed E-state index contributed by atoms with van der Waals surface area (Å²) in [6, 6.07) is 8.44. The minimum Gasteiger partial charge on any atom is -0.467 e. The average Bonchev–Trinajstić information content (AvgIpc) is 3.07. The predicted octanol–water partition coefficient (Wildman–Crippen LogP) is 4.68. The summed E-state index contributed by atoms with van der Waals surface area (Å²) in [6.07, 6.45) is 2.93. The van der Waals surface area contributed by atoms with Crippen LogP contribution in [0.1, 0.15) is 55.1 Å². The summed E-state index contributed by atoms with van der Waals surface area (Å²) in [4.78, 5) is 33.3. The van der Waals surface area contributed by atoms with Gasteiger partial charge in [-0.05, 0) is 48.6 Å². The first kappa shape index (κ1) is 20.8. The maximum atomic E-state index is 13.7. The number of aryl methyl sites for hydroxylation is 2. The summed E-state index contributed by atoms with van der Waals surface area (Å²) in [5, 5.41) is 0.679. The number of thiophene rings is 1. The normalized spacial score (nSPS) is 17.6. The van der Waals surface area contributed by atoms with Crippen LogP contribution in [0, 0.1) is 18.3 Å². The minimum absolute atomic E-state index is 0.150. The minimum atomic E-state index is -0.845. The SMILES string of the molecule is COC(=O)C(c1ccccc1)n1c(C)nc2sc3c(c2c1=O)CCC(C(C)(C)C)C3. The van der Waals surface area contributed by atoms with Crippen molar-refractivity contribution in [3.63, 3.8) is 0 Å². The molecule has 30 heavy (non-hydrogen) atoms. The highest BCUT2D eigenvalue weighted by atomic mass is 32.1. The van der Waals surface area contributed by atoms with Crippen molar-refractivity contribution in [1.82, 2.24) is 9.55 Å². The van der Waals surface area contributed by atoms with E-state index in [1.807, 2.05) is 30.3 Å². The Balaban J connectivity index is 1.90. The fourth-order valence-corrected chi connectivity index (χ4v) is 5.86. The second-order valence-corrected chi connectivity index (χ2v) is 10.2. The second kappa shape index (κ2) is 7.65. The molecular formula is C24H28N2O3S.